The maximum Gasteiger partial charge on any atom is 0.159 e. The normalized spacial score (nSPS) is 10.0. The average Bonchev–Trinajstić information content (AvgIpc) is 2.25. The molecule has 0 heterocycles. The summed E-state index contributed by atoms with van der Waals surface area (Å²) in [6.07, 6.45) is 1.39. The van der Waals surface area contributed by atoms with Gasteiger partial charge < -0.3 is 5.32 Å². The molecule has 0 bridgehead atoms. The number of carbonyl (C=O) groups is 1. The van der Waals surface area contributed by atoms with E-state index in [-0.39, 0.29) is 12.5 Å². The second kappa shape index (κ2) is 6.17. The highest BCUT2D eigenvalue weighted by Gasteiger charge is 1.99. The van der Waals surface area contributed by atoms with Crippen molar-refractivity contribution in [1.82, 2.24) is 0 Å². The van der Waals surface area contributed by atoms with Crippen LogP contribution < -0.4 is 5.32 Å². The fourth-order valence-electron chi connectivity index (χ4n) is 1.30. The van der Waals surface area contributed by atoms with Crippen molar-refractivity contribution in [2.75, 3.05) is 18.5 Å². The van der Waals surface area contributed by atoms with Crippen molar-refractivity contribution in [3.05, 3.63) is 29.8 Å². The lowest BCUT2D eigenvalue weighted by Gasteiger charge is -2.06. The van der Waals surface area contributed by atoms with Crippen LogP contribution in [0.3, 0.4) is 0 Å². The number of hydrogen-bond acceptors (Lipinski definition) is 2. The molecule has 1 rings (SSSR count). The van der Waals surface area contributed by atoms with Gasteiger partial charge in [0.25, 0.3) is 0 Å². The third-order valence-corrected chi connectivity index (χ3v) is 2.16. The summed E-state index contributed by atoms with van der Waals surface area (Å²) in [5, 5.41) is 3.16. The first-order valence-corrected chi connectivity index (χ1v) is 5.15. The standard InChI is InChI=1S/C12H16FNO/c1-10(15)11-5-4-6-12(9-11)14-8-3-2-7-13/h4-6,9,14H,2-3,7-8H2,1H3. The zero-order chi connectivity index (χ0) is 11.1. The number of unbranched alkanes of at least 4 members (excludes halogenated alkanes) is 1. The quantitative estimate of drug-likeness (QED) is 0.576. The maximum absolute atomic E-state index is 11.8. The minimum atomic E-state index is -0.269. The van der Waals surface area contributed by atoms with E-state index in [4.69, 9.17) is 0 Å². The molecule has 0 aliphatic rings. The second-order valence-electron chi connectivity index (χ2n) is 3.46. The number of nitrogens with one attached hydrogen (secondary N) is 1. The van der Waals surface area contributed by atoms with Crippen molar-refractivity contribution in [2.24, 2.45) is 0 Å². The smallest absolute Gasteiger partial charge is 0.159 e. The molecule has 3 heteroatoms. The van der Waals surface area contributed by atoms with E-state index >= 15 is 0 Å². The van der Waals surface area contributed by atoms with Gasteiger partial charge in [0.1, 0.15) is 0 Å². The number of carbonyl (C=O) groups excluding carboxylic acids is 1. The molecule has 0 aromatic heterocycles. The topological polar surface area (TPSA) is 29.1 Å². The van der Waals surface area contributed by atoms with Gasteiger partial charge in [0.05, 0.1) is 6.67 Å². The molecule has 82 valence electrons. The van der Waals surface area contributed by atoms with Gasteiger partial charge in [-0.1, -0.05) is 12.1 Å². The Balaban J connectivity index is 2.47. The van der Waals surface area contributed by atoms with Crippen LogP contribution in [-0.2, 0) is 0 Å². The summed E-state index contributed by atoms with van der Waals surface area (Å²) in [6, 6.07) is 7.35. The van der Waals surface area contributed by atoms with Crippen LogP contribution in [0.2, 0.25) is 0 Å². The molecule has 2 nitrogen and oxygen atoms in total. The van der Waals surface area contributed by atoms with E-state index in [1.807, 2.05) is 18.2 Å². The molecule has 0 aliphatic carbocycles. The van der Waals surface area contributed by atoms with Crippen LogP contribution in [-0.4, -0.2) is 19.0 Å². The molecule has 0 fully saturated rings. The van der Waals surface area contributed by atoms with E-state index in [9.17, 15) is 9.18 Å². The number of halogens is 1. The average molecular weight is 209 g/mol. The molecular weight excluding hydrogens is 193 g/mol. The summed E-state index contributed by atoms with van der Waals surface area (Å²) in [5.74, 6) is 0.0578. The van der Waals surface area contributed by atoms with E-state index < -0.39 is 0 Å². The molecular formula is C12H16FNO. The number of Topliss-reactive ketones (excluding diaryl/α,β-unsaturated/α-hetero) is 1. The molecule has 0 radical (unpaired) electrons. The van der Waals surface area contributed by atoms with Crippen LogP contribution >= 0.6 is 0 Å². The molecule has 1 N–H and O–H groups in total. The molecule has 0 atom stereocenters. The fourth-order valence-corrected chi connectivity index (χ4v) is 1.30. The summed E-state index contributed by atoms with van der Waals surface area (Å²) in [7, 11) is 0. The minimum absolute atomic E-state index is 0.0578. The highest BCUT2D eigenvalue weighted by Crippen LogP contribution is 2.11. The number of benzene rings is 1. The van der Waals surface area contributed by atoms with Gasteiger partial charge in [-0.15, -0.1) is 0 Å². The lowest BCUT2D eigenvalue weighted by atomic mass is 10.1. The van der Waals surface area contributed by atoms with E-state index in [1.165, 1.54) is 0 Å². The molecule has 0 aliphatic heterocycles. The highest BCUT2D eigenvalue weighted by molar-refractivity contribution is 5.94. The molecule has 1 aromatic rings. The molecule has 15 heavy (non-hydrogen) atoms. The minimum Gasteiger partial charge on any atom is -0.385 e. The number of rotatable bonds is 6. The van der Waals surface area contributed by atoms with Crippen molar-refractivity contribution in [2.45, 2.75) is 19.8 Å². The first-order valence-electron chi connectivity index (χ1n) is 5.15. The highest BCUT2D eigenvalue weighted by atomic mass is 19.1. The van der Waals surface area contributed by atoms with Crippen molar-refractivity contribution in [3.63, 3.8) is 0 Å². The molecule has 0 saturated carbocycles. The zero-order valence-electron chi connectivity index (χ0n) is 8.92. The summed E-state index contributed by atoms with van der Waals surface area (Å²) in [5.41, 5.74) is 1.62. The van der Waals surface area contributed by atoms with Gasteiger partial charge in [-0.05, 0) is 31.9 Å². The number of anilines is 1. The van der Waals surface area contributed by atoms with Gasteiger partial charge >= 0.3 is 0 Å². The van der Waals surface area contributed by atoms with Gasteiger partial charge in [-0.3, -0.25) is 9.18 Å². The lowest BCUT2D eigenvalue weighted by molar-refractivity contribution is 0.101. The molecule has 0 spiro atoms. The van der Waals surface area contributed by atoms with Gasteiger partial charge in [0.15, 0.2) is 5.78 Å². The number of ketones is 1. The second-order valence-corrected chi connectivity index (χ2v) is 3.46. The predicted octanol–water partition coefficient (Wildman–Crippen LogP) is 3.05. The zero-order valence-corrected chi connectivity index (χ0v) is 8.92. The van der Waals surface area contributed by atoms with Crippen LogP contribution in [0.1, 0.15) is 30.1 Å². The van der Waals surface area contributed by atoms with Gasteiger partial charge in [-0.2, -0.15) is 0 Å². The van der Waals surface area contributed by atoms with E-state index in [0.717, 1.165) is 18.7 Å². The van der Waals surface area contributed by atoms with E-state index in [1.54, 1.807) is 13.0 Å². The summed E-state index contributed by atoms with van der Waals surface area (Å²) < 4.78 is 11.8. The summed E-state index contributed by atoms with van der Waals surface area (Å²) >= 11 is 0. The molecule has 0 saturated heterocycles. The van der Waals surface area contributed by atoms with Crippen LogP contribution in [0.25, 0.3) is 0 Å². The third-order valence-electron chi connectivity index (χ3n) is 2.16. The first kappa shape index (κ1) is 11.7. The predicted molar refractivity (Wildman–Crippen MR) is 60.1 cm³/mol. The fraction of sp³-hybridized carbons (Fsp3) is 0.417. The molecule has 1 aromatic carbocycles. The Hall–Kier alpha value is -1.38. The largest absolute Gasteiger partial charge is 0.385 e. The van der Waals surface area contributed by atoms with Gasteiger partial charge in [0.2, 0.25) is 0 Å². The molecule has 0 amide bonds. The van der Waals surface area contributed by atoms with Gasteiger partial charge in [-0.25, -0.2) is 0 Å². The third kappa shape index (κ3) is 4.11. The Kier molecular flexibility index (Phi) is 4.81. The number of hydrogen-bond donors (Lipinski definition) is 1. The Morgan fingerprint density at radius 1 is 1.40 bits per heavy atom. The maximum atomic E-state index is 11.8. The molecule has 0 unspecified atom stereocenters. The van der Waals surface area contributed by atoms with Crippen LogP contribution in [0.5, 0.6) is 0 Å². The van der Waals surface area contributed by atoms with Crippen LogP contribution in [0.15, 0.2) is 24.3 Å². The van der Waals surface area contributed by atoms with Crippen molar-refractivity contribution in [1.29, 1.82) is 0 Å². The Morgan fingerprint density at radius 2 is 2.20 bits per heavy atom. The van der Waals surface area contributed by atoms with Crippen LogP contribution in [0, 0.1) is 0 Å². The SMILES string of the molecule is CC(=O)c1cccc(NCCCCF)c1. The first-order chi connectivity index (χ1) is 7.24. The van der Waals surface area contributed by atoms with Crippen LogP contribution in [0.4, 0.5) is 10.1 Å². The Morgan fingerprint density at radius 3 is 2.87 bits per heavy atom. The Bertz CT molecular complexity index is 325. The number of alkyl halides is 1. The lowest BCUT2D eigenvalue weighted by Crippen LogP contribution is -2.02. The van der Waals surface area contributed by atoms with E-state index in [0.29, 0.717) is 12.0 Å². The summed E-state index contributed by atoms with van der Waals surface area (Å²) in [4.78, 5) is 11.1. The van der Waals surface area contributed by atoms with Crippen molar-refractivity contribution >= 4 is 11.5 Å². The van der Waals surface area contributed by atoms with Crippen molar-refractivity contribution < 1.29 is 9.18 Å². The summed E-state index contributed by atoms with van der Waals surface area (Å²) in [6.45, 7) is 2.02. The van der Waals surface area contributed by atoms with Crippen molar-refractivity contribution in [3.8, 4) is 0 Å². The Labute approximate surface area is 89.5 Å². The van der Waals surface area contributed by atoms with E-state index in [2.05, 4.69) is 5.32 Å². The monoisotopic (exact) mass is 209 g/mol. The van der Waals surface area contributed by atoms with Gasteiger partial charge in [0, 0.05) is 17.8 Å².